The molecule has 20 heavy (non-hydrogen) atoms. The van der Waals surface area contributed by atoms with Crippen LogP contribution in [-0.2, 0) is 4.74 Å². The van der Waals surface area contributed by atoms with Gasteiger partial charge in [-0.25, -0.2) is 4.79 Å². The van der Waals surface area contributed by atoms with Gasteiger partial charge in [-0.2, -0.15) is 0 Å². The molecule has 1 rings (SSSR count). The van der Waals surface area contributed by atoms with Crippen LogP contribution in [0.3, 0.4) is 0 Å². The molecule has 0 fully saturated rings. The Morgan fingerprint density at radius 1 is 1.40 bits per heavy atom. The molecule has 1 heterocycles. The average molecular weight is 298 g/mol. The molecular weight excluding hydrogens is 276 g/mol. The summed E-state index contributed by atoms with van der Waals surface area (Å²) >= 11 is 1.23. The van der Waals surface area contributed by atoms with Crippen LogP contribution in [0, 0.1) is 5.92 Å². The van der Waals surface area contributed by atoms with E-state index in [0.717, 1.165) is 19.4 Å². The molecule has 112 valence electrons. The molecule has 6 heteroatoms. The Hall–Kier alpha value is -1.56. The van der Waals surface area contributed by atoms with Gasteiger partial charge in [0, 0.05) is 12.5 Å². The molecular formula is C14H22N2O3S. The van der Waals surface area contributed by atoms with E-state index in [9.17, 15) is 9.59 Å². The SMILES string of the molecule is CCCCNc1sc(C(=O)C(C)C)c(N)c1C(=O)OC. The topological polar surface area (TPSA) is 81.4 Å². The van der Waals surface area contributed by atoms with Crippen molar-refractivity contribution in [3.05, 3.63) is 10.4 Å². The van der Waals surface area contributed by atoms with Crippen LogP contribution < -0.4 is 11.1 Å². The molecule has 0 unspecified atom stereocenters. The number of ether oxygens (including phenoxy) is 1. The third-order valence-corrected chi connectivity index (χ3v) is 4.08. The van der Waals surface area contributed by atoms with Gasteiger partial charge < -0.3 is 15.8 Å². The summed E-state index contributed by atoms with van der Waals surface area (Å²) in [6, 6.07) is 0. The van der Waals surface area contributed by atoms with Gasteiger partial charge in [0.25, 0.3) is 0 Å². The lowest BCUT2D eigenvalue weighted by atomic mass is 10.1. The number of nitrogen functional groups attached to an aromatic ring is 1. The fourth-order valence-electron chi connectivity index (χ4n) is 1.70. The minimum Gasteiger partial charge on any atom is -0.465 e. The molecule has 0 aliphatic carbocycles. The Morgan fingerprint density at radius 2 is 2.05 bits per heavy atom. The maximum Gasteiger partial charge on any atom is 0.343 e. The summed E-state index contributed by atoms with van der Waals surface area (Å²) in [6.07, 6.45) is 2.02. The monoisotopic (exact) mass is 298 g/mol. The van der Waals surface area contributed by atoms with E-state index in [-0.39, 0.29) is 23.0 Å². The normalized spacial score (nSPS) is 10.7. The number of thiophene rings is 1. The highest BCUT2D eigenvalue weighted by Crippen LogP contribution is 2.37. The minimum atomic E-state index is -0.513. The molecule has 0 radical (unpaired) electrons. The molecule has 1 aromatic heterocycles. The third kappa shape index (κ3) is 3.50. The summed E-state index contributed by atoms with van der Waals surface area (Å²) in [6.45, 7) is 6.43. The molecule has 0 saturated heterocycles. The number of carbonyl (C=O) groups is 2. The van der Waals surface area contributed by atoms with Crippen LogP contribution in [0.25, 0.3) is 0 Å². The Morgan fingerprint density at radius 3 is 2.55 bits per heavy atom. The predicted molar refractivity (Wildman–Crippen MR) is 82.6 cm³/mol. The highest BCUT2D eigenvalue weighted by atomic mass is 32.1. The quantitative estimate of drug-likeness (QED) is 0.459. The summed E-state index contributed by atoms with van der Waals surface area (Å²) in [7, 11) is 1.30. The van der Waals surface area contributed by atoms with E-state index in [1.807, 2.05) is 13.8 Å². The van der Waals surface area contributed by atoms with Crippen LogP contribution in [0.4, 0.5) is 10.7 Å². The van der Waals surface area contributed by atoms with Crippen LogP contribution in [0.15, 0.2) is 0 Å². The summed E-state index contributed by atoms with van der Waals surface area (Å²) in [5.74, 6) is -0.730. The second-order valence-electron chi connectivity index (χ2n) is 4.84. The lowest BCUT2D eigenvalue weighted by molar-refractivity contribution is 0.0603. The van der Waals surface area contributed by atoms with Crippen molar-refractivity contribution in [1.29, 1.82) is 0 Å². The number of nitrogens with one attached hydrogen (secondary N) is 1. The van der Waals surface area contributed by atoms with Gasteiger partial charge in [-0.15, -0.1) is 11.3 Å². The second-order valence-corrected chi connectivity index (χ2v) is 5.86. The number of esters is 1. The molecule has 0 bridgehead atoms. The van der Waals surface area contributed by atoms with Gasteiger partial charge in [0.15, 0.2) is 5.78 Å². The second kappa shape index (κ2) is 7.28. The molecule has 0 amide bonds. The first-order chi connectivity index (χ1) is 9.43. The maximum absolute atomic E-state index is 12.1. The largest absolute Gasteiger partial charge is 0.465 e. The summed E-state index contributed by atoms with van der Waals surface area (Å²) in [5.41, 5.74) is 6.47. The predicted octanol–water partition coefficient (Wildman–Crippen LogP) is 3.17. The van der Waals surface area contributed by atoms with Crippen molar-refractivity contribution >= 4 is 33.8 Å². The van der Waals surface area contributed by atoms with Gasteiger partial charge in [-0.3, -0.25) is 4.79 Å². The number of carbonyl (C=O) groups excluding carboxylic acids is 2. The van der Waals surface area contributed by atoms with Gasteiger partial charge in [0.1, 0.15) is 10.6 Å². The number of anilines is 2. The fourth-order valence-corrected chi connectivity index (χ4v) is 2.92. The first-order valence-electron chi connectivity index (χ1n) is 6.72. The minimum absolute atomic E-state index is 0.0544. The highest BCUT2D eigenvalue weighted by molar-refractivity contribution is 7.19. The maximum atomic E-state index is 12.1. The van der Waals surface area contributed by atoms with E-state index < -0.39 is 5.97 Å². The molecule has 0 spiro atoms. The van der Waals surface area contributed by atoms with Gasteiger partial charge in [-0.1, -0.05) is 27.2 Å². The molecule has 3 N–H and O–H groups in total. The number of hydrogen-bond donors (Lipinski definition) is 2. The summed E-state index contributed by atoms with van der Waals surface area (Å²) in [4.78, 5) is 24.4. The zero-order valence-corrected chi connectivity index (χ0v) is 13.2. The zero-order chi connectivity index (χ0) is 15.3. The van der Waals surface area contributed by atoms with Gasteiger partial charge in [0.05, 0.1) is 17.7 Å². The third-order valence-electron chi connectivity index (χ3n) is 2.90. The number of hydrogen-bond acceptors (Lipinski definition) is 6. The fraction of sp³-hybridized carbons (Fsp3) is 0.571. The van der Waals surface area contributed by atoms with E-state index in [2.05, 4.69) is 12.2 Å². The number of nitrogens with two attached hydrogens (primary N) is 1. The van der Waals surface area contributed by atoms with E-state index in [0.29, 0.717) is 9.88 Å². The first kappa shape index (κ1) is 16.5. The standard InChI is InChI=1S/C14H22N2O3S/c1-5-6-7-16-13-9(14(18)19-4)10(15)12(20-13)11(17)8(2)3/h8,16H,5-7,15H2,1-4H3. The number of rotatable bonds is 7. The Kier molecular flexibility index (Phi) is 6.01. The Labute approximate surface area is 123 Å². The summed E-state index contributed by atoms with van der Waals surface area (Å²) in [5, 5.41) is 3.79. The van der Waals surface area contributed by atoms with Crippen molar-refractivity contribution in [2.45, 2.75) is 33.6 Å². The zero-order valence-electron chi connectivity index (χ0n) is 12.4. The van der Waals surface area contributed by atoms with Crippen molar-refractivity contribution in [3.63, 3.8) is 0 Å². The lowest BCUT2D eigenvalue weighted by Gasteiger charge is -2.05. The molecule has 0 aliphatic heterocycles. The van der Waals surface area contributed by atoms with Crippen LogP contribution in [0.2, 0.25) is 0 Å². The van der Waals surface area contributed by atoms with Gasteiger partial charge in [0.2, 0.25) is 0 Å². The molecule has 0 aliphatic rings. The van der Waals surface area contributed by atoms with Crippen molar-refractivity contribution in [2.24, 2.45) is 5.92 Å². The molecule has 5 nitrogen and oxygen atoms in total. The highest BCUT2D eigenvalue weighted by Gasteiger charge is 2.26. The van der Waals surface area contributed by atoms with Crippen LogP contribution in [-0.4, -0.2) is 25.4 Å². The van der Waals surface area contributed by atoms with Crippen LogP contribution >= 0.6 is 11.3 Å². The van der Waals surface area contributed by atoms with Gasteiger partial charge >= 0.3 is 5.97 Å². The summed E-state index contributed by atoms with van der Waals surface area (Å²) < 4.78 is 4.75. The number of Topliss-reactive ketones (excluding diaryl/α,β-unsaturated/α-hetero) is 1. The van der Waals surface area contributed by atoms with E-state index >= 15 is 0 Å². The Balaban J connectivity index is 3.17. The number of methoxy groups -OCH3 is 1. The number of unbranched alkanes of at least 4 members (excludes halogenated alkanes) is 1. The van der Waals surface area contributed by atoms with Crippen LogP contribution in [0.5, 0.6) is 0 Å². The molecule has 0 saturated carbocycles. The van der Waals surface area contributed by atoms with Crippen molar-refractivity contribution in [1.82, 2.24) is 0 Å². The van der Waals surface area contributed by atoms with Gasteiger partial charge in [-0.05, 0) is 6.42 Å². The average Bonchev–Trinajstić information content (AvgIpc) is 2.74. The van der Waals surface area contributed by atoms with Crippen molar-refractivity contribution in [3.8, 4) is 0 Å². The lowest BCUT2D eigenvalue weighted by Crippen LogP contribution is -2.11. The first-order valence-corrected chi connectivity index (χ1v) is 7.54. The van der Waals surface area contributed by atoms with E-state index in [1.54, 1.807) is 0 Å². The molecule has 0 aromatic carbocycles. The van der Waals surface area contributed by atoms with Crippen molar-refractivity contribution < 1.29 is 14.3 Å². The van der Waals surface area contributed by atoms with E-state index in [4.69, 9.17) is 10.5 Å². The Bertz CT molecular complexity index is 495. The van der Waals surface area contributed by atoms with Crippen molar-refractivity contribution in [2.75, 3.05) is 24.7 Å². The van der Waals surface area contributed by atoms with E-state index in [1.165, 1.54) is 18.4 Å². The van der Waals surface area contributed by atoms with Crippen LogP contribution in [0.1, 0.15) is 53.6 Å². The molecule has 1 aromatic rings. The molecule has 0 atom stereocenters. The smallest absolute Gasteiger partial charge is 0.343 e. The number of ketones is 1.